The Morgan fingerprint density at radius 1 is 1.26 bits per heavy atom. The maximum Gasteiger partial charge on any atom is 0.337 e. The highest BCUT2D eigenvalue weighted by Gasteiger charge is 2.14. The largest absolute Gasteiger partial charge is 0.478 e. The summed E-state index contributed by atoms with van der Waals surface area (Å²) in [6.07, 6.45) is 5.65. The van der Waals surface area contributed by atoms with Gasteiger partial charge in [-0.2, -0.15) is 0 Å². The smallest absolute Gasteiger partial charge is 0.337 e. The summed E-state index contributed by atoms with van der Waals surface area (Å²) < 4.78 is 0. The van der Waals surface area contributed by atoms with Crippen molar-refractivity contribution in [2.45, 2.75) is 18.9 Å². The van der Waals surface area contributed by atoms with Crippen LogP contribution in [0.4, 0.5) is 10.5 Å². The molecule has 1 aliphatic carbocycles. The summed E-state index contributed by atoms with van der Waals surface area (Å²) in [5.41, 5.74) is 0.354. The number of rotatable bonds is 3. The number of hydrogen-bond acceptors (Lipinski definition) is 2. The van der Waals surface area contributed by atoms with Crippen LogP contribution in [-0.2, 0) is 0 Å². The second kappa shape index (κ2) is 5.75. The summed E-state index contributed by atoms with van der Waals surface area (Å²) >= 11 is 5.75. The molecule has 100 valence electrons. The molecule has 0 saturated heterocycles. The van der Waals surface area contributed by atoms with E-state index in [4.69, 9.17) is 16.7 Å². The Labute approximate surface area is 115 Å². The van der Waals surface area contributed by atoms with E-state index in [1.165, 1.54) is 12.1 Å². The second-order valence-corrected chi connectivity index (χ2v) is 4.65. The molecular formula is C13H13ClN2O3. The first-order chi connectivity index (χ1) is 9.06. The summed E-state index contributed by atoms with van der Waals surface area (Å²) in [5.74, 6) is -1.13. The summed E-state index contributed by atoms with van der Waals surface area (Å²) in [5, 5.41) is 14.5. The molecule has 0 aliphatic heterocycles. The Balaban J connectivity index is 2.00. The first-order valence-electron chi connectivity index (χ1n) is 5.81. The minimum absolute atomic E-state index is 0.0398. The molecule has 1 aliphatic rings. The van der Waals surface area contributed by atoms with Crippen LogP contribution in [0.25, 0.3) is 0 Å². The molecule has 2 rings (SSSR count). The van der Waals surface area contributed by atoms with Crippen LogP contribution in [0.15, 0.2) is 30.4 Å². The molecule has 0 bridgehead atoms. The third-order valence-corrected chi connectivity index (χ3v) is 3.13. The fraction of sp³-hybridized carbons (Fsp3) is 0.231. The Kier molecular flexibility index (Phi) is 4.06. The van der Waals surface area contributed by atoms with Gasteiger partial charge in [-0.25, -0.2) is 9.59 Å². The van der Waals surface area contributed by atoms with Gasteiger partial charge in [0, 0.05) is 11.7 Å². The quantitative estimate of drug-likeness (QED) is 0.745. The van der Waals surface area contributed by atoms with Gasteiger partial charge in [-0.1, -0.05) is 23.8 Å². The molecule has 6 heteroatoms. The molecule has 0 heterocycles. The lowest BCUT2D eigenvalue weighted by molar-refractivity contribution is 0.0697. The second-order valence-electron chi connectivity index (χ2n) is 4.24. The standard InChI is InChI=1S/C13H13ClN2O3/c14-11-6-5-9(7-10(11)12(17)18)16-13(19)15-8-3-1-2-4-8/h1-2,5-8H,3-4H2,(H,17,18)(H2,15,16,19). The van der Waals surface area contributed by atoms with Gasteiger partial charge >= 0.3 is 12.0 Å². The van der Waals surface area contributed by atoms with Crippen LogP contribution in [0.3, 0.4) is 0 Å². The summed E-state index contributed by atoms with van der Waals surface area (Å²) in [6, 6.07) is 4.08. The van der Waals surface area contributed by atoms with E-state index >= 15 is 0 Å². The molecule has 0 fully saturated rings. The lowest BCUT2D eigenvalue weighted by Gasteiger charge is -2.13. The van der Waals surface area contributed by atoms with E-state index in [1.807, 2.05) is 12.2 Å². The lowest BCUT2D eigenvalue weighted by atomic mass is 10.2. The number of hydrogen-bond donors (Lipinski definition) is 3. The Morgan fingerprint density at radius 3 is 2.58 bits per heavy atom. The molecular weight excluding hydrogens is 268 g/mol. The van der Waals surface area contributed by atoms with E-state index in [1.54, 1.807) is 6.07 Å². The minimum Gasteiger partial charge on any atom is -0.478 e. The van der Waals surface area contributed by atoms with Crippen molar-refractivity contribution in [1.29, 1.82) is 0 Å². The van der Waals surface area contributed by atoms with Gasteiger partial charge in [-0.05, 0) is 31.0 Å². The predicted molar refractivity (Wildman–Crippen MR) is 72.7 cm³/mol. The maximum absolute atomic E-state index is 11.7. The van der Waals surface area contributed by atoms with Crippen molar-refractivity contribution in [3.8, 4) is 0 Å². The fourth-order valence-corrected chi connectivity index (χ4v) is 2.05. The van der Waals surface area contributed by atoms with Crippen molar-refractivity contribution in [3.05, 3.63) is 40.9 Å². The number of nitrogens with one attached hydrogen (secondary N) is 2. The fourth-order valence-electron chi connectivity index (χ4n) is 1.85. The first kappa shape index (κ1) is 13.4. The van der Waals surface area contributed by atoms with Crippen LogP contribution < -0.4 is 10.6 Å². The van der Waals surface area contributed by atoms with Crippen LogP contribution in [0, 0.1) is 0 Å². The van der Waals surface area contributed by atoms with Crippen molar-refractivity contribution in [2.75, 3.05) is 5.32 Å². The number of anilines is 1. The minimum atomic E-state index is -1.13. The van der Waals surface area contributed by atoms with Crippen LogP contribution in [0.5, 0.6) is 0 Å². The SMILES string of the molecule is O=C(Nc1ccc(Cl)c(C(=O)O)c1)NC1CC=CC1. The average Bonchev–Trinajstić information content (AvgIpc) is 2.84. The normalized spacial score (nSPS) is 14.4. The number of carboxylic acids is 1. The molecule has 1 aromatic carbocycles. The molecule has 3 N–H and O–H groups in total. The zero-order chi connectivity index (χ0) is 13.8. The third-order valence-electron chi connectivity index (χ3n) is 2.80. The summed E-state index contributed by atoms with van der Waals surface area (Å²) in [6.45, 7) is 0. The number of urea groups is 1. The van der Waals surface area contributed by atoms with Gasteiger partial charge in [0.15, 0.2) is 0 Å². The number of halogens is 1. The van der Waals surface area contributed by atoms with E-state index in [0.717, 1.165) is 12.8 Å². The molecule has 0 atom stereocenters. The molecule has 0 aromatic heterocycles. The number of amides is 2. The van der Waals surface area contributed by atoms with E-state index in [0.29, 0.717) is 5.69 Å². The maximum atomic E-state index is 11.7. The number of carbonyl (C=O) groups excluding carboxylic acids is 1. The lowest BCUT2D eigenvalue weighted by Crippen LogP contribution is -2.36. The van der Waals surface area contributed by atoms with Gasteiger partial charge in [-0.3, -0.25) is 0 Å². The first-order valence-corrected chi connectivity index (χ1v) is 6.19. The van der Waals surface area contributed by atoms with Crippen LogP contribution in [-0.4, -0.2) is 23.1 Å². The highest BCUT2D eigenvalue weighted by Crippen LogP contribution is 2.20. The Bertz CT molecular complexity index is 535. The van der Waals surface area contributed by atoms with Gasteiger partial charge in [0.25, 0.3) is 0 Å². The number of carbonyl (C=O) groups is 2. The molecule has 2 amide bonds. The van der Waals surface area contributed by atoms with Gasteiger partial charge in [-0.15, -0.1) is 0 Å². The van der Waals surface area contributed by atoms with Crippen LogP contribution in [0.1, 0.15) is 23.2 Å². The highest BCUT2D eigenvalue weighted by atomic mass is 35.5. The topological polar surface area (TPSA) is 78.4 Å². The zero-order valence-electron chi connectivity index (χ0n) is 10.0. The van der Waals surface area contributed by atoms with Crippen LogP contribution >= 0.6 is 11.6 Å². The van der Waals surface area contributed by atoms with E-state index < -0.39 is 5.97 Å². The van der Waals surface area contributed by atoms with Gasteiger partial charge in [0.1, 0.15) is 0 Å². The van der Waals surface area contributed by atoms with Crippen molar-refractivity contribution >= 4 is 29.3 Å². The van der Waals surface area contributed by atoms with E-state index in [-0.39, 0.29) is 22.7 Å². The Morgan fingerprint density at radius 2 is 1.95 bits per heavy atom. The number of aromatic carboxylic acids is 1. The van der Waals surface area contributed by atoms with Gasteiger partial charge in [0.2, 0.25) is 0 Å². The van der Waals surface area contributed by atoms with Crippen molar-refractivity contribution in [3.63, 3.8) is 0 Å². The van der Waals surface area contributed by atoms with Gasteiger partial charge in [0.05, 0.1) is 10.6 Å². The third kappa shape index (κ3) is 3.48. The number of benzene rings is 1. The van der Waals surface area contributed by atoms with E-state index in [9.17, 15) is 9.59 Å². The average molecular weight is 281 g/mol. The molecule has 0 saturated carbocycles. The van der Waals surface area contributed by atoms with Gasteiger partial charge < -0.3 is 15.7 Å². The summed E-state index contributed by atoms with van der Waals surface area (Å²) in [7, 11) is 0. The zero-order valence-corrected chi connectivity index (χ0v) is 10.8. The molecule has 1 aromatic rings. The molecule has 0 unspecified atom stereocenters. The van der Waals surface area contributed by atoms with Crippen molar-refractivity contribution < 1.29 is 14.7 Å². The molecule has 0 spiro atoms. The molecule has 0 radical (unpaired) electrons. The molecule has 5 nitrogen and oxygen atoms in total. The van der Waals surface area contributed by atoms with Crippen molar-refractivity contribution in [2.24, 2.45) is 0 Å². The Hall–Kier alpha value is -2.01. The number of carboxylic acid groups (broad SMARTS) is 1. The highest BCUT2D eigenvalue weighted by molar-refractivity contribution is 6.33. The van der Waals surface area contributed by atoms with Crippen molar-refractivity contribution in [1.82, 2.24) is 5.32 Å². The van der Waals surface area contributed by atoms with Crippen LogP contribution in [0.2, 0.25) is 5.02 Å². The molecule has 19 heavy (non-hydrogen) atoms. The van der Waals surface area contributed by atoms with E-state index in [2.05, 4.69) is 10.6 Å². The summed E-state index contributed by atoms with van der Waals surface area (Å²) in [4.78, 5) is 22.6. The predicted octanol–water partition coefficient (Wildman–Crippen LogP) is 2.88. The monoisotopic (exact) mass is 280 g/mol.